The summed E-state index contributed by atoms with van der Waals surface area (Å²) in [6.45, 7) is 1.13. The Morgan fingerprint density at radius 1 is 1.35 bits per heavy atom. The maximum absolute atomic E-state index is 12.2. The van der Waals surface area contributed by atoms with Crippen molar-refractivity contribution >= 4 is 27.5 Å². The van der Waals surface area contributed by atoms with Crippen molar-refractivity contribution in [2.45, 2.75) is 51.5 Å². The molecule has 23 heavy (non-hydrogen) atoms. The second-order valence-corrected chi connectivity index (χ2v) is 7.17. The third-order valence-corrected chi connectivity index (χ3v) is 5.45. The van der Waals surface area contributed by atoms with Gasteiger partial charge in [-0.15, -0.1) is 11.3 Å². The van der Waals surface area contributed by atoms with Gasteiger partial charge >= 0.3 is 0 Å². The van der Waals surface area contributed by atoms with Crippen LogP contribution < -0.4 is 10.9 Å². The summed E-state index contributed by atoms with van der Waals surface area (Å²) >= 11 is 1.46. The van der Waals surface area contributed by atoms with Crippen molar-refractivity contribution < 1.29 is 4.79 Å². The van der Waals surface area contributed by atoms with Crippen LogP contribution in [0.25, 0.3) is 10.2 Å². The van der Waals surface area contributed by atoms with Crippen LogP contribution in [-0.4, -0.2) is 22.0 Å². The van der Waals surface area contributed by atoms with Crippen molar-refractivity contribution in [1.29, 1.82) is 0 Å². The largest absolute Gasteiger partial charge is 0.356 e. The SMILES string of the molecule is O=C(CCn1cnc2sccc2c1=O)NCCC1CCCCC1. The number of amides is 1. The van der Waals surface area contributed by atoms with Crippen LogP contribution in [0.4, 0.5) is 0 Å². The molecule has 0 aromatic carbocycles. The Balaban J connectivity index is 1.44. The van der Waals surface area contributed by atoms with Gasteiger partial charge < -0.3 is 5.32 Å². The van der Waals surface area contributed by atoms with E-state index < -0.39 is 0 Å². The second-order valence-electron chi connectivity index (χ2n) is 6.28. The average Bonchev–Trinajstić information content (AvgIpc) is 3.05. The van der Waals surface area contributed by atoms with Gasteiger partial charge in [-0.1, -0.05) is 32.1 Å². The molecule has 1 saturated carbocycles. The Bertz CT molecular complexity index is 716. The highest BCUT2D eigenvalue weighted by molar-refractivity contribution is 7.16. The minimum Gasteiger partial charge on any atom is -0.356 e. The lowest BCUT2D eigenvalue weighted by Gasteiger charge is -2.21. The molecule has 1 amide bonds. The van der Waals surface area contributed by atoms with Gasteiger partial charge in [0.1, 0.15) is 4.83 Å². The number of nitrogens with zero attached hydrogens (tertiary/aromatic N) is 2. The third kappa shape index (κ3) is 4.19. The van der Waals surface area contributed by atoms with Gasteiger partial charge in [0.05, 0.1) is 11.7 Å². The summed E-state index contributed by atoms with van der Waals surface area (Å²) in [6, 6.07) is 1.79. The number of nitrogens with one attached hydrogen (secondary N) is 1. The molecule has 0 atom stereocenters. The van der Waals surface area contributed by atoms with Gasteiger partial charge in [-0.05, 0) is 23.8 Å². The van der Waals surface area contributed by atoms with Crippen LogP contribution in [0.5, 0.6) is 0 Å². The first kappa shape index (κ1) is 16.2. The smallest absolute Gasteiger partial charge is 0.262 e. The summed E-state index contributed by atoms with van der Waals surface area (Å²) in [6.07, 6.45) is 9.57. The van der Waals surface area contributed by atoms with Crippen LogP contribution in [0.15, 0.2) is 22.6 Å². The molecular weight excluding hydrogens is 310 g/mol. The van der Waals surface area contributed by atoms with Gasteiger partial charge in [0.25, 0.3) is 5.56 Å². The highest BCUT2D eigenvalue weighted by Gasteiger charge is 2.13. The standard InChI is InChI=1S/C17H23N3O2S/c21-15(18-9-6-13-4-2-1-3-5-13)7-10-20-12-19-16-14(17(20)22)8-11-23-16/h8,11-13H,1-7,9-10H2,(H,18,21). The van der Waals surface area contributed by atoms with Crippen molar-refractivity contribution in [2.24, 2.45) is 5.92 Å². The van der Waals surface area contributed by atoms with Gasteiger partial charge in [-0.3, -0.25) is 14.2 Å². The summed E-state index contributed by atoms with van der Waals surface area (Å²) in [7, 11) is 0. The molecule has 1 fully saturated rings. The zero-order valence-electron chi connectivity index (χ0n) is 13.3. The normalized spacial score (nSPS) is 15.8. The fraction of sp³-hybridized carbons (Fsp3) is 0.588. The molecule has 0 spiro atoms. The fourth-order valence-corrected chi connectivity index (χ4v) is 3.98. The van der Waals surface area contributed by atoms with Crippen LogP contribution >= 0.6 is 11.3 Å². The lowest BCUT2D eigenvalue weighted by Crippen LogP contribution is -2.29. The summed E-state index contributed by atoms with van der Waals surface area (Å²) < 4.78 is 1.52. The van der Waals surface area contributed by atoms with Crippen LogP contribution in [0.1, 0.15) is 44.9 Å². The van der Waals surface area contributed by atoms with Crippen LogP contribution in [0.2, 0.25) is 0 Å². The number of thiophene rings is 1. The molecule has 0 saturated heterocycles. The molecule has 1 aliphatic carbocycles. The maximum Gasteiger partial charge on any atom is 0.262 e. The molecule has 2 aromatic heterocycles. The molecular formula is C17H23N3O2S. The Morgan fingerprint density at radius 2 is 2.17 bits per heavy atom. The number of hydrogen-bond acceptors (Lipinski definition) is 4. The van der Waals surface area contributed by atoms with Gasteiger partial charge in [-0.25, -0.2) is 4.98 Å². The first-order valence-corrected chi connectivity index (χ1v) is 9.31. The Morgan fingerprint density at radius 3 is 3.00 bits per heavy atom. The summed E-state index contributed by atoms with van der Waals surface area (Å²) in [4.78, 5) is 29.2. The van der Waals surface area contributed by atoms with Gasteiger partial charge in [-0.2, -0.15) is 0 Å². The quantitative estimate of drug-likeness (QED) is 0.884. The van der Waals surface area contributed by atoms with E-state index in [1.54, 1.807) is 6.07 Å². The lowest BCUT2D eigenvalue weighted by molar-refractivity contribution is -0.121. The molecule has 0 unspecified atom stereocenters. The lowest BCUT2D eigenvalue weighted by atomic mass is 9.87. The molecule has 1 aliphatic rings. The van der Waals surface area contributed by atoms with Gasteiger partial charge in [0.2, 0.25) is 5.91 Å². The van der Waals surface area contributed by atoms with E-state index in [9.17, 15) is 9.59 Å². The van der Waals surface area contributed by atoms with Crippen molar-refractivity contribution in [2.75, 3.05) is 6.54 Å². The van der Waals surface area contributed by atoms with Crippen LogP contribution in [-0.2, 0) is 11.3 Å². The van der Waals surface area contributed by atoms with E-state index in [0.29, 0.717) is 18.4 Å². The van der Waals surface area contributed by atoms with Crippen LogP contribution in [0, 0.1) is 5.92 Å². The number of rotatable bonds is 6. The van der Waals surface area contributed by atoms with Crippen LogP contribution in [0.3, 0.4) is 0 Å². The van der Waals surface area contributed by atoms with Crippen molar-refractivity contribution in [1.82, 2.24) is 14.9 Å². The molecule has 0 bridgehead atoms. The van der Waals surface area contributed by atoms with Gasteiger partial charge in [0, 0.05) is 19.5 Å². The second kappa shape index (κ2) is 7.73. The molecule has 6 heteroatoms. The van der Waals surface area contributed by atoms with E-state index in [1.807, 2.05) is 5.38 Å². The monoisotopic (exact) mass is 333 g/mol. The van der Waals surface area contributed by atoms with E-state index in [-0.39, 0.29) is 11.5 Å². The number of fused-ring (bicyclic) bond motifs is 1. The molecule has 2 aromatic rings. The molecule has 0 radical (unpaired) electrons. The Labute approximate surface area is 139 Å². The maximum atomic E-state index is 12.2. The zero-order valence-corrected chi connectivity index (χ0v) is 14.1. The number of carbonyl (C=O) groups excluding carboxylic acids is 1. The topological polar surface area (TPSA) is 64.0 Å². The molecule has 0 aliphatic heterocycles. The molecule has 1 N–H and O–H groups in total. The number of aromatic nitrogens is 2. The van der Waals surface area contributed by atoms with E-state index in [0.717, 1.165) is 23.7 Å². The summed E-state index contributed by atoms with van der Waals surface area (Å²) in [5.41, 5.74) is -0.0637. The van der Waals surface area contributed by atoms with E-state index >= 15 is 0 Å². The zero-order chi connectivity index (χ0) is 16.1. The number of hydrogen-bond donors (Lipinski definition) is 1. The highest BCUT2D eigenvalue weighted by Crippen LogP contribution is 2.25. The molecule has 3 rings (SSSR count). The number of aryl methyl sites for hydroxylation is 1. The minimum absolute atomic E-state index is 0.0122. The molecule has 5 nitrogen and oxygen atoms in total. The average molecular weight is 333 g/mol. The first-order valence-electron chi connectivity index (χ1n) is 8.43. The van der Waals surface area contributed by atoms with E-state index in [1.165, 1.54) is 54.3 Å². The first-order chi connectivity index (χ1) is 11.2. The van der Waals surface area contributed by atoms with E-state index in [2.05, 4.69) is 10.3 Å². The predicted molar refractivity (Wildman–Crippen MR) is 92.7 cm³/mol. The van der Waals surface area contributed by atoms with E-state index in [4.69, 9.17) is 0 Å². The fourth-order valence-electron chi connectivity index (χ4n) is 3.25. The highest BCUT2D eigenvalue weighted by atomic mass is 32.1. The third-order valence-electron chi connectivity index (χ3n) is 4.63. The van der Waals surface area contributed by atoms with Crippen molar-refractivity contribution in [3.8, 4) is 0 Å². The summed E-state index contributed by atoms with van der Waals surface area (Å²) in [5, 5.41) is 5.48. The molecule has 2 heterocycles. The summed E-state index contributed by atoms with van der Waals surface area (Å²) in [5.74, 6) is 0.787. The molecule has 124 valence electrons. The Kier molecular flexibility index (Phi) is 5.43. The Hall–Kier alpha value is -1.69. The minimum atomic E-state index is -0.0637. The van der Waals surface area contributed by atoms with Crippen molar-refractivity contribution in [3.05, 3.63) is 28.1 Å². The van der Waals surface area contributed by atoms with Gasteiger partial charge in [0.15, 0.2) is 0 Å². The van der Waals surface area contributed by atoms with Crippen molar-refractivity contribution in [3.63, 3.8) is 0 Å². The number of carbonyl (C=O) groups is 1. The predicted octanol–water partition coefficient (Wildman–Crippen LogP) is 2.93.